The van der Waals surface area contributed by atoms with E-state index in [2.05, 4.69) is 15.3 Å². The van der Waals surface area contributed by atoms with Gasteiger partial charge in [0, 0.05) is 6.07 Å². The lowest BCUT2D eigenvalue weighted by molar-refractivity contribution is 0.159. The predicted molar refractivity (Wildman–Crippen MR) is 49.8 cm³/mol. The Morgan fingerprint density at radius 1 is 1.40 bits per heavy atom. The van der Waals surface area contributed by atoms with Crippen molar-refractivity contribution in [2.45, 2.75) is 26.4 Å². The second kappa shape index (κ2) is 3.82. The van der Waals surface area contributed by atoms with Crippen molar-refractivity contribution in [3.8, 4) is 11.6 Å². The maximum atomic E-state index is 9.47. The zero-order valence-electron chi connectivity index (χ0n) is 8.47. The van der Waals surface area contributed by atoms with E-state index in [9.17, 15) is 5.11 Å². The molecule has 2 aromatic rings. The first kappa shape index (κ1) is 9.85. The summed E-state index contributed by atoms with van der Waals surface area (Å²) in [5, 5.41) is 16.9. The fourth-order valence-corrected chi connectivity index (χ4v) is 1.12. The number of aliphatic hydroxyl groups excluding tert-OH is 1. The fraction of sp³-hybridized carbons (Fsp3) is 0.444. The second-order valence-electron chi connectivity index (χ2n) is 3.20. The van der Waals surface area contributed by atoms with E-state index in [0.717, 1.165) is 0 Å². The van der Waals surface area contributed by atoms with Crippen molar-refractivity contribution in [3.05, 3.63) is 17.7 Å². The molecule has 15 heavy (non-hydrogen) atoms. The topological polar surface area (TPSA) is 85.2 Å². The zero-order valence-corrected chi connectivity index (χ0v) is 8.47. The number of aryl methyl sites for hydroxylation is 1. The molecule has 0 aromatic carbocycles. The van der Waals surface area contributed by atoms with Crippen LogP contribution in [0.1, 0.15) is 31.0 Å². The fourth-order valence-electron chi connectivity index (χ4n) is 1.12. The van der Waals surface area contributed by atoms with E-state index in [-0.39, 0.29) is 11.7 Å². The van der Waals surface area contributed by atoms with Gasteiger partial charge >= 0.3 is 0 Å². The van der Waals surface area contributed by atoms with Gasteiger partial charge in [-0.2, -0.15) is 4.98 Å². The lowest BCUT2D eigenvalue weighted by Crippen LogP contribution is -1.97. The Balaban J connectivity index is 2.27. The third-order valence-electron chi connectivity index (χ3n) is 1.97. The summed E-state index contributed by atoms with van der Waals surface area (Å²) in [5.74, 6) is 1.20. The summed E-state index contributed by atoms with van der Waals surface area (Å²) >= 11 is 0. The largest absolute Gasteiger partial charge is 0.385 e. The molecule has 0 fully saturated rings. The van der Waals surface area contributed by atoms with E-state index < -0.39 is 6.10 Å². The number of rotatable bonds is 3. The molecule has 1 N–H and O–H groups in total. The monoisotopic (exact) mass is 209 g/mol. The maximum absolute atomic E-state index is 9.47. The third kappa shape index (κ3) is 1.89. The summed E-state index contributed by atoms with van der Waals surface area (Å²) in [7, 11) is 0. The van der Waals surface area contributed by atoms with Crippen LogP contribution in [0, 0.1) is 6.92 Å². The van der Waals surface area contributed by atoms with E-state index in [4.69, 9.17) is 9.05 Å². The summed E-state index contributed by atoms with van der Waals surface area (Å²) in [6, 6.07) is 1.69. The first-order valence-corrected chi connectivity index (χ1v) is 4.66. The van der Waals surface area contributed by atoms with Crippen molar-refractivity contribution in [2.24, 2.45) is 0 Å². The average molecular weight is 209 g/mol. The van der Waals surface area contributed by atoms with Crippen LogP contribution in [0.5, 0.6) is 0 Å². The summed E-state index contributed by atoms with van der Waals surface area (Å²) in [4.78, 5) is 4.01. The van der Waals surface area contributed by atoms with Crippen molar-refractivity contribution in [3.63, 3.8) is 0 Å². The van der Waals surface area contributed by atoms with Gasteiger partial charge < -0.3 is 14.2 Å². The van der Waals surface area contributed by atoms with Gasteiger partial charge in [-0.25, -0.2) is 0 Å². The van der Waals surface area contributed by atoms with Crippen LogP contribution in [0.2, 0.25) is 0 Å². The minimum atomic E-state index is -0.699. The molecule has 1 unspecified atom stereocenters. The molecule has 0 aliphatic rings. The Hall–Kier alpha value is -1.69. The SMILES string of the molecule is CCC(O)c1noc(-c2cc(C)on2)n1. The Labute approximate surface area is 85.9 Å². The molecule has 0 bridgehead atoms. The van der Waals surface area contributed by atoms with Crippen LogP contribution in [-0.2, 0) is 0 Å². The molecular formula is C9H11N3O3. The van der Waals surface area contributed by atoms with Crippen LogP contribution in [0.15, 0.2) is 15.1 Å². The van der Waals surface area contributed by atoms with Gasteiger partial charge in [0.2, 0.25) is 5.82 Å². The molecular weight excluding hydrogens is 198 g/mol. The van der Waals surface area contributed by atoms with Crippen LogP contribution < -0.4 is 0 Å². The molecule has 6 heteroatoms. The van der Waals surface area contributed by atoms with E-state index >= 15 is 0 Å². The minimum Gasteiger partial charge on any atom is -0.385 e. The van der Waals surface area contributed by atoms with Gasteiger partial charge in [-0.05, 0) is 13.3 Å². The number of aromatic nitrogens is 3. The first-order chi connectivity index (χ1) is 7.20. The van der Waals surface area contributed by atoms with Gasteiger partial charge in [-0.15, -0.1) is 0 Å². The zero-order chi connectivity index (χ0) is 10.8. The van der Waals surface area contributed by atoms with E-state index in [0.29, 0.717) is 17.9 Å². The molecule has 0 radical (unpaired) electrons. The van der Waals surface area contributed by atoms with Crippen molar-refractivity contribution in [2.75, 3.05) is 0 Å². The summed E-state index contributed by atoms with van der Waals surface area (Å²) in [6.07, 6.45) is -0.160. The molecule has 0 saturated heterocycles. The van der Waals surface area contributed by atoms with Crippen LogP contribution in [0.4, 0.5) is 0 Å². The molecule has 0 spiro atoms. The Bertz CT molecular complexity index is 449. The van der Waals surface area contributed by atoms with Crippen LogP contribution in [0.25, 0.3) is 11.6 Å². The number of hydrogen-bond donors (Lipinski definition) is 1. The van der Waals surface area contributed by atoms with Gasteiger partial charge in [0.05, 0.1) is 0 Å². The molecule has 2 heterocycles. The number of nitrogens with zero attached hydrogens (tertiary/aromatic N) is 3. The molecule has 2 aromatic heterocycles. The van der Waals surface area contributed by atoms with Crippen LogP contribution in [0.3, 0.4) is 0 Å². The number of aliphatic hydroxyl groups is 1. The molecule has 0 aliphatic carbocycles. The van der Waals surface area contributed by atoms with Crippen molar-refractivity contribution in [1.82, 2.24) is 15.3 Å². The van der Waals surface area contributed by atoms with Gasteiger partial charge in [0.25, 0.3) is 5.89 Å². The van der Waals surface area contributed by atoms with Gasteiger partial charge in [0.15, 0.2) is 5.69 Å². The van der Waals surface area contributed by atoms with E-state index in [1.807, 2.05) is 6.92 Å². The van der Waals surface area contributed by atoms with Gasteiger partial charge in [-0.3, -0.25) is 0 Å². The highest BCUT2D eigenvalue weighted by molar-refractivity contribution is 5.45. The second-order valence-corrected chi connectivity index (χ2v) is 3.20. The molecule has 0 saturated carbocycles. The highest BCUT2D eigenvalue weighted by Crippen LogP contribution is 2.19. The standard InChI is InChI=1S/C9H11N3O3/c1-3-7(13)8-10-9(15-12-8)6-4-5(2)14-11-6/h4,7,13H,3H2,1-2H3. The first-order valence-electron chi connectivity index (χ1n) is 4.66. The summed E-state index contributed by atoms with van der Waals surface area (Å²) in [5.41, 5.74) is 0.481. The summed E-state index contributed by atoms with van der Waals surface area (Å²) < 4.78 is 9.82. The van der Waals surface area contributed by atoms with Crippen molar-refractivity contribution < 1.29 is 14.2 Å². The Kier molecular flexibility index (Phi) is 2.51. The summed E-state index contributed by atoms with van der Waals surface area (Å²) in [6.45, 7) is 3.61. The van der Waals surface area contributed by atoms with E-state index in [1.165, 1.54) is 0 Å². The van der Waals surface area contributed by atoms with Crippen molar-refractivity contribution in [1.29, 1.82) is 0 Å². The lowest BCUT2D eigenvalue weighted by Gasteiger charge is -1.97. The highest BCUT2D eigenvalue weighted by Gasteiger charge is 2.16. The number of hydrogen-bond acceptors (Lipinski definition) is 6. The molecule has 0 aliphatic heterocycles. The normalized spacial score (nSPS) is 13.0. The predicted octanol–water partition coefficient (Wildman–Crippen LogP) is 1.48. The molecule has 2 rings (SSSR count). The molecule has 80 valence electrons. The van der Waals surface area contributed by atoms with Crippen LogP contribution >= 0.6 is 0 Å². The molecule has 6 nitrogen and oxygen atoms in total. The smallest absolute Gasteiger partial charge is 0.280 e. The lowest BCUT2D eigenvalue weighted by atomic mass is 10.3. The van der Waals surface area contributed by atoms with Gasteiger partial charge in [0.1, 0.15) is 11.9 Å². The molecule has 1 atom stereocenters. The average Bonchev–Trinajstić information content (AvgIpc) is 2.84. The van der Waals surface area contributed by atoms with Gasteiger partial charge in [-0.1, -0.05) is 17.2 Å². The quantitative estimate of drug-likeness (QED) is 0.823. The maximum Gasteiger partial charge on any atom is 0.280 e. The van der Waals surface area contributed by atoms with Crippen molar-refractivity contribution >= 4 is 0 Å². The van der Waals surface area contributed by atoms with Crippen LogP contribution in [-0.4, -0.2) is 20.4 Å². The molecule has 0 amide bonds. The third-order valence-corrected chi connectivity index (χ3v) is 1.97. The van der Waals surface area contributed by atoms with E-state index in [1.54, 1.807) is 13.0 Å². The Morgan fingerprint density at radius 2 is 2.20 bits per heavy atom. The highest BCUT2D eigenvalue weighted by atomic mass is 16.5. The minimum absolute atomic E-state index is 0.259. The Morgan fingerprint density at radius 3 is 2.80 bits per heavy atom.